The summed E-state index contributed by atoms with van der Waals surface area (Å²) in [4.78, 5) is 71.9. The molecular weight excluding hydrogens is 913 g/mol. The Morgan fingerprint density at radius 1 is 0.457 bits per heavy atom. The third kappa shape index (κ3) is 11.6. The zero-order valence-electron chi connectivity index (χ0n) is 40.4. The second kappa shape index (κ2) is 22.1. The number of hydrogen-bond acceptors (Lipinski definition) is 12. The van der Waals surface area contributed by atoms with Crippen LogP contribution in [0.1, 0.15) is 85.0 Å². The smallest absolute Gasteiger partial charge is 0.286 e. The molecule has 14 heteroatoms. The normalized spacial score (nSPS) is 17.4. The van der Waals surface area contributed by atoms with E-state index in [4.69, 9.17) is 19.9 Å². The molecule has 4 aliphatic rings. The van der Waals surface area contributed by atoms with Gasteiger partial charge in [0.05, 0.1) is 44.7 Å². The first-order valence-corrected chi connectivity index (χ1v) is 26.3. The highest BCUT2D eigenvalue weighted by Gasteiger charge is 2.32. The molecule has 0 aliphatic carbocycles. The van der Waals surface area contributed by atoms with Gasteiger partial charge in [0.25, 0.3) is 10.5 Å². The van der Waals surface area contributed by atoms with Crippen molar-refractivity contribution in [2.45, 2.75) is 102 Å². The molecule has 4 amide bonds. The minimum absolute atomic E-state index is 0.152. The maximum Gasteiger partial charge on any atom is 0.286 e. The number of carbonyl (C=O) groups is 4. The van der Waals surface area contributed by atoms with Crippen molar-refractivity contribution < 1.29 is 19.2 Å². The summed E-state index contributed by atoms with van der Waals surface area (Å²) < 4.78 is 0. The molecule has 2 N–H and O–H groups in total. The van der Waals surface area contributed by atoms with Crippen LogP contribution in [0.5, 0.6) is 0 Å². The molecular formula is C56H60N8O4S2. The average Bonchev–Trinajstić information content (AvgIpc) is 3.87. The third-order valence-electron chi connectivity index (χ3n) is 13.3. The third-order valence-corrected chi connectivity index (χ3v) is 15.4. The van der Waals surface area contributed by atoms with E-state index in [-0.39, 0.29) is 32.8 Å². The second-order valence-electron chi connectivity index (χ2n) is 18.8. The van der Waals surface area contributed by atoms with Gasteiger partial charge in [-0.2, -0.15) is 0 Å². The fourth-order valence-corrected chi connectivity index (χ4v) is 11.1. The molecule has 4 aliphatic heterocycles. The average molecular weight is 973 g/mol. The van der Waals surface area contributed by atoms with Crippen LogP contribution < -0.4 is 20.4 Å². The van der Waals surface area contributed by atoms with Gasteiger partial charge in [0.2, 0.25) is 11.8 Å². The number of anilines is 2. The van der Waals surface area contributed by atoms with E-state index in [1.165, 1.54) is 22.3 Å². The van der Waals surface area contributed by atoms with Crippen LogP contribution in [0.4, 0.5) is 21.2 Å². The number of nitrogens with zero attached hydrogens (tertiary/aromatic N) is 6. The van der Waals surface area contributed by atoms with Gasteiger partial charge in [-0.25, -0.2) is 19.9 Å². The summed E-state index contributed by atoms with van der Waals surface area (Å²) in [7, 11) is 0. The maximum atomic E-state index is 11.8. The number of unbranched alkanes of at least 4 members (excludes halogenated alkanes) is 2. The standard InChI is InChI=1S/2C28H30N4O2S/c2*1-18-8-12-20(13-9-18)24-25(21-14-10-19(2)11-15-21)30-26-22(29-24)6-5-17-32(26)16-4-3-7-23-27(33)31-28(34)35-23/h2*8-15,23H,3-7,16-17H2,1-2H3,(H,31,33,34)/t2*23-/m10/s1. The highest BCUT2D eigenvalue weighted by atomic mass is 32.2. The van der Waals surface area contributed by atoms with E-state index in [0.29, 0.717) is 0 Å². The Morgan fingerprint density at radius 2 is 0.771 bits per heavy atom. The molecule has 10 rings (SSSR count). The van der Waals surface area contributed by atoms with E-state index in [9.17, 15) is 19.2 Å². The molecule has 2 saturated heterocycles. The minimum Gasteiger partial charge on any atom is -0.355 e. The first-order valence-electron chi connectivity index (χ1n) is 24.6. The topological polar surface area (TPSA) is 150 Å². The number of rotatable bonds is 14. The summed E-state index contributed by atoms with van der Waals surface area (Å²) in [6, 6.07) is 34.0. The monoisotopic (exact) mass is 972 g/mol. The van der Waals surface area contributed by atoms with Gasteiger partial charge in [-0.15, -0.1) is 0 Å². The van der Waals surface area contributed by atoms with Crippen molar-refractivity contribution in [1.82, 2.24) is 30.6 Å². The second-order valence-corrected chi connectivity index (χ2v) is 21.1. The lowest BCUT2D eigenvalue weighted by molar-refractivity contribution is -0.119. The van der Waals surface area contributed by atoms with Crippen molar-refractivity contribution in [3.63, 3.8) is 0 Å². The van der Waals surface area contributed by atoms with Crippen molar-refractivity contribution in [3.8, 4) is 45.0 Å². The molecule has 0 unspecified atom stereocenters. The van der Waals surface area contributed by atoms with E-state index < -0.39 is 0 Å². The van der Waals surface area contributed by atoms with Gasteiger partial charge in [0.15, 0.2) is 11.6 Å². The fourth-order valence-electron chi connectivity index (χ4n) is 9.37. The van der Waals surface area contributed by atoms with Gasteiger partial charge in [-0.05, 0) is 79.1 Å². The summed E-state index contributed by atoms with van der Waals surface area (Å²) in [6.45, 7) is 12.0. The molecule has 360 valence electrons. The molecule has 2 fully saturated rings. The largest absolute Gasteiger partial charge is 0.355 e. The lowest BCUT2D eigenvalue weighted by Gasteiger charge is -2.30. The van der Waals surface area contributed by atoms with Crippen molar-refractivity contribution in [2.24, 2.45) is 0 Å². The molecule has 2 atom stereocenters. The number of nitrogens with one attached hydrogen (secondary N) is 2. The van der Waals surface area contributed by atoms with E-state index in [1.54, 1.807) is 0 Å². The predicted molar refractivity (Wildman–Crippen MR) is 283 cm³/mol. The Hall–Kier alpha value is -6.38. The zero-order chi connectivity index (χ0) is 48.7. The van der Waals surface area contributed by atoms with Crippen molar-refractivity contribution in [1.29, 1.82) is 0 Å². The van der Waals surface area contributed by atoms with Gasteiger partial charge in [0.1, 0.15) is 0 Å². The number of carbonyl (C=O) groups excluding carboxylic acids is 4. The summed E-state index contributed by atoms with van der Waals surface area (Å²) in [6.07, 6.45) is 9.06. The SMILES string of the molecule is Cc1ccc(-c2nc3c(nc2-c2ccc(C)cc2)N(CCCC[C@@H]2SC(=O)NC2=O)CCC3)cc1.Cc1ccc(-c2nc3c(nc2-c2ccc(C)cc2)N(CCCC[C@H]2SC(=O)NC2=O)CCC3)cc1. The number of thioether (sulfide) groups is 2. The molecule has 12 nitrogen and oxygen atoms in total. The number of hydrogen-bond donors (Lipinski definition) is 2. The van der Waals surface area contributed by atoms with Gasteiger partial charge >= 0.3 is 0 Å². The maximum absolute atomic E-state index is 11.8. The summed E-state index contributed by atoms with van der Waals surface area (Å²) in [5.41, 5.74) is 15.0. The van der Waals surface area contributed by atoms with E-state index in [0.717, 1.165) is 182 Å². The fraction of sp³-hybridized carbons (Fsp3) is 0.357. The number of aromatic nitrogens is 4. The lowest BCUT2D eigenvalue weighted by Crippen LogP contribution is -2.32. The molecule has 70 heavy (non-hydrogen) atoms. The lowest BCUT2D eigenvalue weighted by atomic mass is 10.0. The van der Waals surface area contributed by atoms with Crippen LogP contribution in [0.2, 0.25) is 0 Å². The number of benzene rings is 4. The molecule has 0 bridgehead atoms. The zero-order valence-corrected chi connectivity index (χ0v) is 42.1. The van der Waals surface area contributed by atoms with Crippen molar-refractivity contribution >= 4 is 57.5 Å². The van der Waals surface area contributed by atoms with Gasteiger partial charge in [-0.1, -0.05) is 156 Å². The Bertz CT molecular complexity index is 2680. The number of amides is 4. The van der Waals surface area contributed by atoms with Crippen LogP contribution in [-0.2, 0) is 22.4 Å². The molecule has 6 aromatic rings. The Labute approximate surface area is 419 Å². The van der Waals surface area contributed by atoms with Crippen LogP contribution >= 0.6 is 23.5 Å². The summed E-state index contributed by atoms with van der Waals surface area (Å²) in [5, 5.41) is 3.79. The number of imide groups is 2. The Balaban J connectivity index is 0.000000174. The quantitative estimate of drug-likeness (QED) is 0.100. The van der Waals surface area contributed by atoms with Crippen LogP contribution in [0.15, 0.2) is 97.1 Å². The number of fused-ring (bicyclic) bond motifs is 2. The molecule has 0 radical (unpaired) electrons. The first kappa shape index (κ1) is 48.6. The van der Waals surface area contributed by atoms with Crippen LogP contribution in [0.25, 0.3) is 45.0 Å². The van der Waals surface area contributed by atoms with Gasteiger partial charge in [-0.3, -0.25) is 29.8 Å². The highest BCUT2D eigenvalue weighted by molar-refractivity contribution is 8.15. The van der Waals surface area contributed by atoms with Crippen molar-refractivity contribution in [2.75, 3.05) is 36.0 Å². The predicted octanol–water partition coefficient (Wildman–Crippen LogP) is 11.4. The Kier molecular flexibility index (Phi) is 15.4. The van der Waals surface area contributed by atoms with Crippen molar-refractivity contribution in [3.05, 3.63) is 131 Å². The number of aryl methyl sites for hydroxylation is 6. The molecule has 0 spiro atoms. The van der Waals surface area contributed by atoms with Crippen LogP contribution in [0, 0.1) is 27.7 Å². The Morgan fingerprint density at radius 3 is 1.07 bits per heavy atom. The summed E-state index contributed by atoms with van der Waals surface area (Å²) in [5.74, 6) is 1.65. The molecule has 2 aromatic heterocycles. The van der Waals surface area contributed by atoms with E-state index in [2.05, 4.69) is 145 Å². The molecule has 6 heterocycles. The minimum atomic E-state index is -0.249. The van der Waals surface area contributed by atoms with E-state index in [1.807, 2.05) is 0 Å². The van der Waals surface area contributed by atoms with Gasteiger partial charge < -0.3 is 9.80 Å². The summed E-state index contributed by atoms with van der Waals surface area (Å²) >= 11 is 2.23. The molecule has 0 saturated carbocycles. The van der Waals surface area contributed by atoms with Gasteiger partial charge in [0, 0.05) is 48.4 Å². The van der Waals surface area contributed by atoms with Crippen LogP contribution in [0.3, 0.4) is 0 Å². The first-order chi connectivity index (χ1) is 33.9. The van der Waals surface area contributed by atoms with E-state index >= 15 is 0 Å². The highest BCUT2D eigenvalue weighted by Crippen LogP contribution is 2.37. The molecule has 4 aromatic carbocycles. The van der Waals surface area contributed by atoms with Crippen LogP contribution in [-0.4, -0.2) is 78.9 Å².